The second-order valence-electron chi connectivity index (χ2n) is 9.06. The Kier molecular flexibility index (Phi) is 5.50. The number of likely N-dealkylation sites (tertiary alicyclic amines) is 1. The van der Waals surface area contributed by atoms with Crippen LogP contribution in [0.25, 0.3) is 5.57 Å². The van der Waals surface area contributed by atoms with Gasteiger partial charge in [0.05, 0.1) is 12.1 Å². The number of hydrogen-bond donors (Lipinski definition) is 0. The summed E-state index contributed by atoms with van der Waals surface area (Å²) < 4.78 is 0. The lowest BCUT2D eigenvalue weighted by Crippen LogP contribution is -2.41. The normalized spacial score (nSPS) is 22.3. The van der Waals surface area contributed by atoms with Crippen LogP contribution in [0.2, 0.25) is 0 Å². The molecule has 1 saturated heterocycles. The van der Waals surface area contributed by atoms with Crippen LogP contribution >= 0.6 is 0 Å². The highest BCUT2D eigenvalue weighted by molar-refractivity contribution is 6.35. The van der Waals surface area contributed by atoms with Crippen molar-refractivity contribution in [3.63, 3.8) is 0 Å². The van der Waals surface area contributed by atoms with Crippen molar-refractivity contribution in [3.8, 4) is 0 Å². The second kappa shape index (κ2) is 8.10. The van der Waals surface area contributed by atoms with E-state index in [0.29, 0.717) is 29.7 Å². The van der Waals surface area contributed by atoms with Crippen molar-refractivity contribution in [2.75, 3.05) is 13.1 Å². The monoisotopic (exact) mass is 402 g/mol. The minimum atomic E-state index is -0.187. The molecule has 0 aromatic heterocycles. The molecule has 2 aliphatic heterocycles. The molecule has 2 aromatic carbocycles. The third-order valence-corrected chi connectivity index (χ3v) is 6.31. The lowest BCUT2D eigenvalue weighted by Gasteiger charge is -2.37. The number of hydrogen-bond acceptors (Lipinski definition) is 3. The second-order valence-corrected chi connectivity index (χ2v) is 9.06. The van der Waals surface area contributed by atoms with E-state index in [9.17, 15) is 9.59 Å². The van der Waals surface area contributed by atoms with Crippen molar-refractivity contribution >= 4 is 17.4 Å². The number of imide groups is 1. The summed E-state index contributed by atoms with van der Waals surface area (Å²) in [5.41, 5.74) is 5.24. The van der Waals surface area contributed by atoms with Crippen LogP contribution in [0.15, 0.2) is 54.2 Å². The number of carbonyl (C=O) groups excluding carboxylic acids is 2. The fourth-order valence-electron chi connectivity index (χ4n) is 4.77. The average molecular weight is 403 g/mol. The van der Waals surface area contributed by atoms with Crippen molar-refractivity contribution in [2.24, 2.45) is 11.8 Å². The zero-order valence-electron chi connectivity index (χ0n) is 18.3. The predicted octanol–water partition coefficient (Wildman–Crippen LogP) is 4.56. The first-order chi connectivity index (χ1) is 14.3. The van der Waals surface area contributed by atoms with Gasteiger partial charge in [-0.25, -0.2) is 0 Å². The molecule has 2 unspecified atom stereocenters. The van der Waals surface area contributed by atoms with E-state index in [-0.39, 0.29) is 11.8 Å². The van der Waals surface area contributed by atoms with Gasteiger partial charge in [0, 0.05) is 13.1 Å². The quantitative estimate of drug-likeness (QED) is 0.704. The van der Waals surface area contributed by atoms with E-state index in [0.717, 1.165) is 36.2 Å². The Balaban J connectivity index is 1.78. The number of nitrogens with zero attached hydrogens (tertiary/aromatic N) is 2. The van der Waals surface area contributed by atoms with Crippen molar-refractivity contribution in [1.29, 1.82) is 0 Å². The zero-order chi connectivity index (χ0) is 21.4. The van der Waals surface area contributed by atoms with Gasteiger partial charge in [-0.1, -0.05) is 62.4 Å². The maximum Gasteiger partial charge on any atom is 0.278 e. The summed E-state index contributed by atoms with van der Waals surface area (Å²) in [7, 11) is 0. The van der Waals surface area contributed by atoms with Gasteiger partial charge in [-0.15, -0.1) is 0 Å². The largest absolute Gasteiger partial charge is 0.366 e. The molecule has 2 aromatic rings. The number of benzene rings is 2. The average Bonchev–Trinajstić information content (AvgIpc) is 2.95. The maximum absolute atomic E-state index is 13.6. The first kappa shape index (κ1) is 20.4. The summed E-state index contributed by atoms with van der Waals surface area (Å²) in [6.07, 6.45) is 1.15. The highest BCUT2D eigenvalue weighted by Gasteiger charge is 2.42. The van der Waals surface area contributed by atoms with Crippen LogP contribution in [0.1, 0.15) is 42.5 Å². The predicted molar refractivity (Wildman–Crippen MR) is 119 cm³/mol. The van der Waals surface area contributed by atoms with Crippen molar-refractivity contribution in [1.82, 2.24) is 9.80 Å². The van der Waals surface area contributed by atoms with Gasteiger partial charge in [-0.05, 0) is 54.4 Å². The number of piperidine rings is 1. The number of aryl methyl sites for hydroxylation is 2. The molecule has 0 radical (unpaired) electrons. The smallest absolute Gasteiger partial charge is 0.278 e. The fourth-order valence-corrected chi connectivity index (χ4v) is 4.77. The summed E-state index contributed by atoms with van der Waals surface area (Å²) in [5.74, 6) is 0.632. The van der Waals surface area contributed by atoms with Gasteiger partial charge in [0.1, 0.15) is 5.70 Å². The van der Waals surface area contributed by atoms with Crippen LogP contribution < -0.4 is 0 Å². The molecule has 1 fully saturated rings. The number of carbonyl (C=O) groups is 2. The Morgan fingerprint density at radius 1 is 0.867 bits per heavy atom. The minimum absolute atomic E-state index is 0.168. The van der Waals surface area contributed by atoms with Crippen LogP contribution in [0.4, 0.5) is 0 Å². The molecule has 0 saturated carbocycles. The summed E-state index contributed by atoms with van der Waals surface area (Å²) in [5, 5.41) is 0. The van der Waals surface area contributed by atoms with Crippen LogP contribution in [-0.2, 0) is 16.1 Å². The highest BCUT2D eigenvalue weighted by atomic mass is 16.2. The van der Waals surface area contributed by atoms with E-state index in [4.69, 9.17) is 0 Å². The first-order valence-corrected chi connectivity index (χ1v) is 10.8. The van der Waals surface area contributed by atoms with E-state index < -0.39 is 0 Å². The topological polar surface area (TPSA) is 40.6 Å². The SMILES string of the molecule is Cc1ccc(C2=C(N3CC(C)CC(C)C3)C(=O)N(Cc3ccccc3)C2=O)cc1C. The Hall–Kier alpha value is -2.88. The summed E-state index contributed by atoms with van der Waals surface area (Å²) in [6.45, 7) is 10.5. The van der Waals surface area contributed by atoms with Gasteiger partial charge in [0.25, 0.3) is 11.8 Å². The Morgan fingerprint density at radius 2 is 1.53 bits per heavy atom. The molecule has 0 aliphatic carbocycles. The van der Waals surface area contributed by atoms with E-state index in [2.05, 4.69) is 25.7 Å². The van der Waals surface area contributed by atoms with Gasteiger partial charge in [-0.2, -0.15) is 0 Å². The summed E-state index contributed by atoms with van der Waals surface area (Å²) in [4.78, 5) is 30.7. The van der Waals surface area contributed by atoms with Crippen LogP contribution in [-0.4, -0.2) is 34.7 Å². The van der Waals surface area contributed by atoms with Gasteiger partial charge in [0.15, 0.2) is 0 Å². The Labute approximate surface area is 179 Å². The Morgan fingerprint density at radius 3 is 2.17 bits per heavy atom. The molecule has 2 aliphatic rings. The van der Waals surface area contributed by atoms with Gasteiger partial charge >= 0.3 is 0 Å². The summed E-state index contributed by atoms with van der Waals surface area (Å²) in [6, 6.07) is 15.8. The third kappa shape index (κ3) is 3.79. The summed E-state index contributed by atoms with van der Waals surface area (Å²) >= 11 is 0. The highest BCUT2D eigenvalue weighted by Crippen LogP contribution is 2.36. The van der Waals surface area contributed by atoms with Crippen LogP contribution in [0.3, 0.4) is 0 Å². The van der Waals surface area contributed by atoms with Crippen LogP contribution in [0.5, 0.6) is 0 Å². The van der Waals surface area contributed by atoms with E-state index in [1.165, 1.54) is 10.5 Å². The van der Waals surface area contributed by atoms with Crippen molar-refractivity contribution < 1.29 is 9.59 Å². The number of rotatable bonds is 4. The molecule has 4 rings (SSSR count). The molecular formula is C26H30N2O2. The van der Waals surface area contributed by atoms with E-state index in [1.54, 1.807) is 0 Å². The fraction of sp³-hybridized carbons (Fsp3) is 0.385. The standard InChI is InChI=1S/C26H30N2O2/c1-17-12-18(2)15-27(14-17)24-23(22-11-10-19(3)20(4)13-22)25(29)28(26(24)30)16-21-8-6-5-7-9-21/h5-11,13,17-18H,12,14-16H2,1-4H3. The van der Waals surface area contributed by atoms with Gasteiger partial charge < -0.3 is 4.90 Å². The number of amides is 2. The van der Waals surface area contributed by atoms with Gasteiger partial charge in [0.2, 0.25) is 0 Å². The lowest BCUT2D eigenvalue weighted by atomic mass is 9.90. The maximum atomic E-state index is 13.6. The molecule has 2 atom stereocenters. The molecule has 4 heteroatoms. The van der Waals surface area contributed by atoms with Gasteiger partial charge in [-0.3, -0.25) is 14.5 Å². The lowest BCUT2D eigenvalue weighted by molar-refractivity contribution is -0.138. The molecule has 30 heavy (non-hydrogen) atoms. The molecule has 0 spiro atoms. The third-order valence-electron chi connectivity index (χ3n) is 6.31. The first-order valence-electron chi connectivity index (χ1n) is 10.8. The molecule has 2 amide bonds. The van der Waals surface area contributed by atoms with E-state index in [1.807, 2.05) is 55.5 Å². The van der Waals surface area contributed by atoms with Crippen molar-refractivity contribution in [3.05, 3.63) is 76.5 Å². The van der Waals surface area contributed by atoms with Crippen molar-refractivity contribution in [2.45, 2.75) is 40.7 Å². The molecule has 0 N–H and O–H groups in total. The molecule has 156 valence electrons. The molecule has 0 bridgehead atoms. The van der Waals surface area contributed by atoms with Crippen LogP contribution in [0, 0.1) is 25.7 Å². The minimum Gasteiger partial charge on any atom is -0.366 e. The molecule has 4 nitrogen and oxygen atoms in total. The van der Waals surface area contributed by atoms with E-state index >= 15 is 0 Å². The molecule has 2 heterocycles. The Bertz CT molecular complexity index is 999. The zero-order valence-corrected chi connectivity index (χ0v) is 18.3. The molecular weight excluding hydrogens is 372 g/mol.